The van der Waals surface area contributed by atoms with Crippen LogP contribution in [-0.4, -0.2) is 50.6 Å². The van der Waals surface area contributed by atoms with E-state index in [1.165, 1.54) is 57.2 Å². The number of hydrogen-bond acceptors (Lipinski definition) is 2. The second-order valence-electron chi connectivity index (χ2n) is 8.16. The minimum Gasteiger partial charge on any atom is -0.357 e. The summed E-state index contributed by atoms with van der Waals surface area (Å²) in [5.74, 6) is 1.85. The maximum atomic E-state index is 4.96. The lowest BCUT2D eigenvalue weighted by atomic mass is 9.64. The van der Waals surface area contributed by atoms with Crippen LogP contribution in [0, 0.1) is 5.92 Å². The number of piperidine rings is 1. The van der Waals surface area contributed by atoms with Crippen LogP contribution in [0.25, 0.3) is 0 Å². The molecule has 1 aromatic rings. The largest absolute Gasteiger partial charge is 0.357 e. The molecule has 1 saturated carbocycles. The maximum absolute atomic E-state index is 4.96. The third-order valence-corrected chi connectivity index (χ3v) is 6.26. The Labute approximate surface area is 159 Å². The highest BCUT2D eigenvalue weighted by molar-refractivity contribution is 5.79. The van der Waals surface area contributed by atoms with Crippen molar-refractivity contribution >= 4 is 5.96 Å². The van der Waals surface area contributed by atoms with E-state index >= 15 is 0 Å². The molecule has 2 N–H and O–H groups in total. The van der Waals surface area contributed by atoms with Gasteiger partial charge in [0.1, 0.15) is 0 Å². The Morgan fingerprint density at radius 2 is 1.88 bits per heavy atom. The predicted octanol–water partition coefficient (Wildman–Crippen LogP) is 3.40. The van der Waals surface area contributed by atoms with Crippen LogP contribution in [0.4, 0.5) is 0 Å². The summed E-state index contributed by atoms with van der Waals surface area (Å²) in [5.41, 5.74) is 1.72. The highest BCUT2D eigenvalue weighted by Crippen LogP contribution is 2.43. The standard InChI is InChI=1S/C22H36N4/c1-3-23-21(24-15-10-19-11-16-26(2)17-12-19)25-18-22(13-7-14-22)20-8-5-4-6-9-20/h4-6,8-9,19H,3,7,10-18H2,1-2H3,(H2,23,24,25). The van der Waals surface area contributed by atoms with E-state index in [0.717, 1.165) is 31.5 Å². The van der Waals surface area contributed by atoms with Crippen molar-refractivity contribution in [3.05, 3.63) is 35.9 Å². The van der Waals surface area contributed by atoms with E-state index in [9.17, 15) is 0 Å². The molecule has 2 aliphatic rings. The summed E-state index contributed by atoms with van der Waals surface area (Å²) in [6.07, 6.45) is 7.77. The van der Waals surface area contributed by atoms with E-state index in [-0.39, 0.29) is 5.41 Å². The molecule has 26 heavy (non-hydrogen) atoms. The van der Waals surface area contributed by atoms with Gasteiger partial charge in [-0.05, 0) is 70.6 Å². The molecule has 1 aromatic carbocycles. The van der Waals surface area contributed by atoms with Crippen LogP contribution < -0.4 is 10.6 Å². The fourth-order valence-electron chi connectivity index (χ4n) is 4.25. The Balaban J connectivity index is 1.52. The first-order valence-electron chi connectivity index (χ1n) is 10.5. The fraction of sp³-hybridized carbons (Fsp3) is 0.682. The van der Waals surface area contributed by atoms with Crippen molar-refractivity contribution in [2.45, 2.75) is 50.9 Å². The zero-order chi connectivity index (χ0) is 18.2. The summed E-state index contributed by atoms with van der Waals surface area (Å²) in [5, 5.41) is 7.01. The molecule has 0 amide bonds. The van der Waals surface area contributed by atoms with Gasteiger partial charge in [-0.25, -0.2) is 0 Å². The molecule has 1 aliphatic heterocycles. The second kappa shape index (κ2) is 9.40. The average molecular weight is 357 g/mol. The average Bonchev–Trinajstić information content (AvgIpc) is 2.63. The summed E-state index contributed by atoms with van der Waals surface area (Å²) in [6.45, 7) is 7.47. The fourth-order valence-corrected chi connectivity index (χ4v) is 4.25. The molecule has 3 rings (SSSR count). The van der Waals surface area contributed by atoms with Gasteiger partial charge in [0.15, 0.2) is 5.96 Å². The predicted molar refractivity (Wildman–Crippen MR) is 111 cm³/mol. The van der Waals surface area contributed by atoms with Gasteiger partial charge in [0, 0.05) is 18.5 Å². The van der Waals surface area contributed by atoms with Crippen molar-refractivity contribution in [3.63, 3.8) is 0 Å². The molecule has 4 nitrogen and oxygen atoms in total. The van der Waals surface area contributed by atoms with Gasteiger partial charge >= 0.3 is 0 Å². The molecule has 1 saturated heterocycles. The van der Waals surface area contributed by atoms with E-state index < -0.39 is 0 Å². The smallest absolute Gasteiger partial charge is 0.191 e. The second-order valence-corrected chi connectivity index (χ2v) is 8.16. The van der Waals surface area contributed by atoms with Gasteiger partial charge in [0.25, 0.3) is 0 Å². The van der Waals surface area contributed by atoms with E-state index in [0.29, 0.717) is 0 Å². The lowest BCUT2D eigenvalue weighted by Crippen LogP contribution is -2.42. The summed E-state index contributed by atoms with van der Waals surface area (Å²) in [7, 11) is 2.23. The first-order chi connectivity index (χ1) is 12.7. The molecule has 0 spiro atoms. The summed E-state index contributed by atoms with van der Waals surface area (Å²) < 4.78 is 0. The van der Waals surface area contributed by atoms with Gasteiger partial charge in [-0.3, -0.25) is 4.99 Å². The summed E-state index contributed by atoms with van der Waals surface area (Å²) in [4.78, 5) is 7.41. The number of nitrogens with one attached hydrogen (secondary N) is 2. The molecule has 0 atom stereocenters. The molecule has 0 radical (unpaired) electrons. The van der Waals surface area contributed by atoms with E-state index in [1.807, 2.05) is 0 Å². The number of rotatable bonds is 7. The Morgan fingerprint density at radius 1 is 1.15 bits per heavy atom. The first kappa shape index (κ1) is 19.2. The van der Waals surface area contributed by atoms with Gasteiger partial charge in [0.05, 0.1) is 6.54 Å². The minimum absolute atomic E-state index is 0.261. The third kappa shape index (κ3) is 5.00. The van der Waals surface area contributed by atoms with Crippen LogP contribution in [0.2, 0.25) is 0 Å². The lowest BCUT2D eigenvalue weighted by molar-refractivity contribution is 0.213. The molecule has 0 bridgehead atoms. The van der Waals surface area contributed by atoms with Crippen LogP contribution in [0.5, 0.6) is 0 Å². The zero-order valence-corrected chi connectivity index (χ0v) is 16.6. The Kier molecular flexibility index (Phi) is 6.95. The number of nitrogens with zero attached hydrogens (tertiary/aromatic N) is 2. The molecule has 0 aromatic heterocycles. The van der Waals surface area contributed by atoms with Crippen molar-refractivity contribution in [3.8, 4) is 0 Å². The molecular formula is C22H36N4. The number of guanidine groups is 1. The van der Waals surface area contributed by atoms with Crippen molar-refractivity contribution < 1.29 is 0 Å². The van der Waals surface area contributed by atoms with Gasteiger partial charge in [-0.2, -0.15) is 0 Å². The van der Waals surface area contributed by atoms with Crippen LogP contribution in [0.15, 0.2) is 35.3 Å². The monoisotopic (exact) mass is 356 g/mol. The number of benzene rings is 1. The molecule has 1 aliphatic carbocycles. The lowest BCUT2D eigenvalue weighted by Gasteiger charge is -2.41. The van der Waals surface area contributed by atoms with Gasteiger partial charge in [0.2, 0.25) is 0 Å². The number of hydrogen-bond donors (Lipinski definition) is 2. The normalized spacial score (nSPS) is 21.2. The molecule has 2 fully saturated rings. The highest BCUT2D eigenvalue weighted by atomic mass is 15.2. The summed E-state index contributed by atoms with van der Waals surface area (Å²) >= 11 is 0. The van der Waals surface area contributed by atoms with Gasteiger partial charge in [-0.1, -0.05) is 36.8 Å². The van der Waals surface area contributed by atoms with Crippen molar-refractivity contribution in [1.29, 1.82) is 0 Å². The first-order valence-corrected chi connectivity index (χ1v) is 10.5. The maximum Gasteiger partial charge on any atom is 0.191 e. The van der Waals surface area contributed by atoms with Gasteiger partial charge in [-0.15, -0.1) is 0 Å². The van der Waals surface area contributed by atoms with E-state index in [1.54, 1.807) is 0 Å². The summed E-state index contributed by atoms with van der Waals surface area (Å²) in [6, 6.07) is 11.0. The van der Waals surface area contributed by atoms with E-state index in [2.05, 4.69) is 59.8 Å². The van der Waals surface area contributed by atoms with E-state index in [4.69, 9.17) is 4.99 Å². The number of likely N-dealkylation sites (tertiary alicyclic amines) is 1. The Morgan fingerprint density at radius 3 is 2.50 bits per heavy atom. The molecule has 1 heterocycles. The Bertz CT molecular complexity index is 557. The van der Waals surface area contributed by atoms with Crippen LogP contribution >= 0.6 is 0 Å². The molecular weight excluding hydrogens is 320 g/mol. The van der Waals surface area contributed by atoms with Crippen LogP contribution in [0.3, 0.4) is 0 Å². The zero-order valence-electron chi connectivity index (χ0n) is 16.6. The number of aliphatic imine (C=N–C) groups is 1. The quantitative estimate of drug-likeness (QED) is 0.581. The van der Waals surface area contributed by atoms with Gasteiger partial charge < -0.3 is 15.5 Å². The molecule has 144 valence electrons. The SMILES string of the molecule is CCNC(=NCC1(c2ccccc2)CCC1)NCCC1CCN(C)CC1. The topological polar surface area (TPSA) is 39.7 Å². The molecule has 0 unspecified atom stereocenters. The van der Waals surface area contributed by atoms with Crippen LogP contribution in [0.1, 0.15) is 51.0 Å². The molecule has 4 heteroatoms. The third-order valence-electron chi connectivity index (χ3n) is 6.26. The van der Waals surface area contributed by atoms with Crippen molar-refractivity contribution in [1.82, 2.24) is 15.5 Å². The van der Waals surface area contributed by atoms with Crippen molar-refractivity contribution in [2.75, 3.05) is 39.8 Å². The Hall–Kier alpha value is -1.55. The van der Waals surface area contributed by atoms with Crippen molar-refractivity contribution in [2.24, 2.45) is 10.9 Å². The highest BCUT2D eigenvalue weighted by Gasteiger charge is 2.38. The minimum atomic E-state index is 0.261. The van der Waals surface area contributed by atoms with Crippen LogP contribution in [-0.2, 0) is 5.41 Å².